The molecule has 0 aliphatic carbocycles. The number of primary amides is 1. The molecule has 3 aromatic carbocycles. The van der Waals surface area contributed by atoms with Crippen molar-refractivity contribution in [3.63, 3.8) is 0 Å². The van der Waals surface area contributed by atoms with E-state index in [1.165, 1.54) is 12.1 Å². The van der Waals surface area contributed by atoms with Crippen LogP contribution in [0.15, 0.2) is 60.7 Å². The van der Waals surface area contributed by atoms with Crippen LogP contribution in [0, 0.1) is 0 Å². The molecule has 2 nitrogen and oxygen atoms in total. The van der Waals surface area contributed by atoms with Gasteiger partial charge in [-0.25, -0.2) is 0 Å². The summed E-state index contributed by atoms with van der Waals surface area (Å²) >= 11 is 0. The molecular formula is C20H18F3NO. The Hall–Kier alpha value is -2.82. The smallest absolute Gasteiger partial charge is 0.366 e. The number of alkyl halides is 3. The summed E-state index contributed by atoms with van der Waals surface area (Å²) in [6, 6.07) is 15.5. The van der Waals surface area contributed by atoms with Gasteiger partial charge >= 0.3 is 6.18 Å². The first-order chi connectivity index (χ1) is 11.9. The number of benzene rings is 3. The van der Waals surface area contributed by atoms with E-state index in [4.69, 9.17) is 5.73 Å². The van der Waals surface area contributed by atoms with Gasteiger partial charge in [0.15, 0.2) is 0 Å². The highest BCUT2D eigenvalue weighted by atomic mass is 19.4. The molecule has 0 aliphatic rings. The summed E-state index contributed by atoms with van der Waals surface area (Å²) in [5.74, 6) is -0.521. The Morgan fingerprint density at radius 3 is 2.12 bits per heavy atom. The molecule has 3 rings (SSSR count). The number of fused-ring (bicyclic) bond motifs is 1. The molecular weight excluding hydrogens is 327 g/mol. The number of carbonyl (C=O) groups excluding carboxylic acids is 1. The van der Waals surface area contributed by atoms with Crippen LogP contribution in [0.2, 0.25) is 0 Å². The largest absolute Gasteiger partial charge is 0.416 e. The van der Waals surface area contributed by atoms with Crippen LogP contribution in [-0.2, 0) is 6.18 Å². The van der Waals surface area contributed by atoms with Crippen molar-refractivity contribution >= 4 is 16.7 Å². The zero-order chi connectivity index (χ0) is 18.6. The lowest BCUT2D eigenvalue weighted by molar-refractivity contribution is -0.137. The fourth-order valence-corrected chi connectivity index (χ4v) is 2.53. The molecule has 2 N–H and O–H groups in total. The van der Waals surface area contributed by atoms with Crippen molar-refractivity contribution in [2.24, 2.45) is 5.73 Å². The van der Waals surface area contributed by atoms with Gasteiger partial charge in [-0.05, 0) is 46.2 Å². The summed E-state index contributed by atoms with van der Waals surface area (Å²) in [4.78, 5) is 11.2. The monoisotopic (exact) mass is 345 g/mol. The Bertz CT molecular complexity index is 884. The SMILES string of the molecule is CC.NC(=O)c1ccc2c(-c3ccc(C(F)(F)F)cc3)cccc2c1. The predicted octanol–water partition coefficient (Wildman–Crippen LogP) is 5.65. The van der Waals surface area contributed by atoms with Crippen molar-refractivity contribution in [2.75, 3.05) is 0 Å². The number of amides is 1. The molecule has 0 saturated carbocycles. The van der Waals surface area contributed by atoms with E-state index in [1.807, 2.05) is 26.0 Å². The minimum Gasteiger partial charge on any atom is -0.366 e. The minimum atomic E-state index is -4.35. The van der Waals surface area contributed by atoms with E-state index in [0.717, 1.165) is 28.5 Å². The Morgan fingerprint density at radius 2 is 1.56 bits per heavy atom. The van der Waals surface area contributed by atoms with Gasteiger partial charge in [0.25, 0.3) is 0 Å². The van der Waals surface area contributed by atoms with Gasteiger partial charge in [-0.15, -0.1) is 0 Å². The second kappa shape index (κ2) is 7.38. The van der Waals surface area contributed by atoms with Crippen LogP contribution in [0.5, 0.6) is 0 Å². The lowest BCUT2D eigenvalue weighted by Gasteiger charge is -2.10. The normalized spacial score (nSPS) is 10.9. The Morgan fingerprint density at radius 1 is 0.920 bits per heavy atom. The van der Waals surface area contributed by atoms with Crippen LogP contribution < -0.4 is 5.73 Å². The average molecular weight is 345 g/mol. The third-order valence-corrected chi connectivity index (χ3v) is 3.69. The van der Waals surface area contributed by atoms with Gasteiger partial charge in [0.05, 0.1) is 5.56 Å². The maximum atomic E-state index is 12.7. The van der Waals surface area contributed by atoms with Gasteiger partial charge in [-0.2, -0.15) is 13.2 Å². The van der Waals surface area contributed by atoms with Gasteiger partial charge in [0.2, 0.25) is 5.91 Å². The number of hydrogen-bond donors (Lipinski definition) is 1. The molecule has 0 bridgehead atoms. The first kappa shape index (κ1) is 18.5. The second-order valence-corrected chi connectivity index (χ2v) is 5.18. The zero-order valence-electron chi connectivity index (χ0n) is 13.9. The molecule has 0 heterocycles. The van der Waals surface area contributed by atoms with Crippen molar-refractivity contribution in [1.29, 1.82) is 0 Å². The standard InChI is InChI=1S/C18H12F3NO.C2H6/c19-18(20,21)14-7-4-11(5-8-14)15-3-1-2-12-10-13(17(22)23)6-9-16(12)15;1-2/h1-10H,(H2,22,23);1-2H3. The van der Waals surface area contributed by atoms with Crippen LogP contribution in [0.3, 0.4) is 0 Å². The molecule has 0 unspecified atom stereocenters. The minimum absolute atomic E-state index is 0.391. The number of hydrogen-bond acceptors (Lipinski definition) is 1. The molecule has 0 aromatic heterocycles. The Balaban J connectivity index is 0.00000109. The predicted molar refractivity (Wildman–Crippen MR) is 94.3 cm³/mol. The van der Waals surface area contributed by atoms with Crippen molar-refractivity contribution in [1.82, 2.24) is 0 Å². The highest BCUT2D eigenvalue weighted by molar-refractivity contribution is 6.02. The first-order valence-corrected chi connectivity index (χ1v) is 7.86. The van der Waals surface area contributed by atoms with E-state index in [-0.39, 0.29) is 0 Å². The summed E-state index contributed by atoms with van der Waals surface area (Å²) in [6.07, 6.45) is -4.35. The zero-order valence-corrected chi connectivity index (χ0v) is 13.9. The summed E-state index contributed by atoms with van der Waals surface area (Å²) in [6.45, 7) is 4.00. The van der Waals surface area contributed by atoms with Crippen LogP contribution in [0.4, 0.5) is 13.2 Å². The fraction of sp³-hybridized carbons (Fsp3) is 0.150. The second-order valence-electron chi connectivity index (χ2n) is 5.18. The van der Waals surface area contributed by atoms with Gasteiger partial charge < -0.3 is 5.73 Å². The molecule has 0 atom stereocenters. The van der Waals surface area contributed by atoms with Gasteiger partial charge in [-0.3, -0.25) is 4.79 Å². The topological polar surface area (TPSA) is 43.1 Å². The number of rotatable bonds is 2. The highest BCUT2D eigenvalue weighted by Crippen LogP contribution is 2.33. The molecule has 1 amide bonds. The summed E-state index contributed by atoms with van der Waals surface area (Å²) in [5.41, 5.74) is 6.45. The maximum absolute atomic E-state index is 12.7. The molecule has 25 heavy (non-hydrogen) atoms. The molecule has 0 radical (unpaired) electrons. The molecule has 0 saturated heterocycles. The van der Waals surface area contributed by atoms with Crippen LogP contribution >= 0.6 is 0 Å². The third kappa shape index (κ3) is 3.99. The van der Waals surface area contributed by atoms with Crippen molar-refractivity contribution < 1.29 is 18.0 Å². The number of halogens is 3. The fourth-order valence-electron chi connectivity index (χ4n) is 2.53. The third-order valence-electron chi connectivity index (χ3n) is 3.69. The molecule has 3 aromatic rings. The Kier molecular flexibility index (Phi) is 5.47. The molecule has 130 valence electrons. The maximum Gasteiger partial charge on any atom is 0.416 e. The van der Waals surface area contributed by atoms with E-state index < -0.39 is 17.6 Å². The lowest BCUT2D eigenvalue weighted by atomic mass is 9.96. The van der Waals surface area contributed by atoms with E-state index >= 15 is 0 Å². The summed E-state index contributed by atoms with van der Waals surface area (Å²) in [7, 11) is 0. The first-order valence-electron chi connectivity index (χ1n) is 7.86. The van der Waals surface area contributed by atoms with Crippen molar-refractivity contribution in [2.45, 2.75) is 20.0 Å². The number of carbonyl (C=O) groups is 1. The highest BCUT2D eigenvalue weighted by Gasteiger charge is 2.30. The van der Waals surface area contributed by atoms with Crippen LogP contribution in [0.25, 0.3) is 21.9 Å². The van der Waals surface area contributed by atoms with E-state index in [1.54, 1.807) is 24.3 Å². The lowest BCUT2D eigenvalue weighted by Crippen LogP contribution is -2.10. The summed E-state index contributed by atoms with van der Waals surface area (Å²) < 4.78 is 38.0. The van der Waals surface area contributed by atoms with Crippen LogP contribution in [-0.4, -0.2) is 5.91 Å². The molecule has 5 heteroatoms. The van der Waals surface area contributed by atoms with Crippen molar-refractivity contribution in [3.05, 3.63) is 71.8 Å². The average Bonchev–Trinajstić information content (AvgIpc) is 2.61. The Labute approximate surface area is 144 Å². The van der Waals surface area contributed by atoms with E-state index in [2.05, 4.69) is 0 Å². The molecule has 0 spiro atoms. The molecule has 0 aliphatic heterocycles. The van der Waals surface area contributed by atoms with E-state index in [9.17, 15) is 18.0 Å². The van der Waals surface area contributed by atoms with Crippen LogP contribution in [0.1, 0.15) is 29.8 Å². The van der Waals surface area contributed by atoms with Gasteiger partial charge in [0.1, 0.15) is 0 Å². The van der Waals surface area contributed by atoms with Gasteiger partial charge in [-0.1, -0.05) is 50.2 Å². The number of nitrogens with two attached hydrogens (primary N) is 1. The van der Waals surface area contributed by atoms with E-state index in [0.29, 0.717) is 11.1 Å². The van der Waals surface area contributed by atoms with Crippen molar-refractivity contribution in [3.8, 4) is 11.1 Å². The van der Waals surface area contributed by atoms with Gasteiger partial charge in [0, 0.05) is 5.56 Å². The molecule has 0 fully saturated rings. The summed E-state index contributed by atoms with van der Waals surface area (Å²) in [5, 5.41) is 1.65. The quantitative estimate of drug-likeness (QED) is 0.641.